The molecule has 28 heavy (non-hydrogen) atoms. The molecule has 0 radical (unpaired) electrons. The van der Waals surface area contributed by atoms with Crippen LogP contribution in [0.1, 0.15) is 12.8 Å². The summed E-state index contributed by atoms with van der Waals surface area (Å²) in [6.07, 6.45) is 2.37. The molecule has 2 bridgehead atoms. The van der Waals surface area contributed by atoms with Gasteiger partial charge in [-0.05, 0) is 31.0 Å². The van der Waals surface area contributed by atoms with Crippen molar-refractivity contribution in [2.45, 2.75) is 29.8 Å². The summed E-state index contributed by atoms with van der Waals surface area (Å²) in [6, 6.07) is 4.21. The van der Waals surface area contributed by atoms with E-state index in [4.69, 9.17) is 11.3 Å². The van der Waals surface area contributed by atoms with Gasteiger partial charge in [0, 0.05) is 38.3 Å². The minimum atomic E-state index is -3.85. The second kappa shape index (κ2) is 8.33. The van der Waals surface area contributed by atoms with Crippen LogP contribution in [0, 0.1) is 11.3 Å². The maximum atomic E-state index is 13.5. The largest absolute Gasteiger partial charge is 0.378 e. The molecule has 0 spiro atoms. The number of sulfonamides is 1. The van der Waals surface area contributed by atoms with Gasteiger partial charge in [-0.15, -0.1) is 0 Å². The number of likely N-dealkylation sites (tertiary alicyclic amines) is 1. The first-order chi connectivity index (χ1) is 13.4. The van der Waals surface area contributed by atoms with E-state index >= 15 is 0 Å². The highest BCUT2D eigenvalue weighted by Crippen LogP contribution is 2.35. The summed E-state index contributed by atoms with van der Waals surface area (Å²) in [5.41, 5.74) is 12.6. The second-order valence-corrected chi connectivity index (χ2v) is 8.62. The van der Waals surface area contributed by atoms with E-state index in [1.165, 1.54) is 22.5 Å². The smallest absolute Gasteiger partial charge is 0.271 e. The van der Waals surface area contributed by atoms with Gasteiger partial charge in [0.25, 0.3) is 5.91 Å². The number of piperazine rings is 1. The van der Waals surface area contributed by atoms with Crippen molar-refractivity contribution in [3.63, 3.8) is 0 Å². The average Bonchev–Trinajstić information content (AvgIpc) is 2.96. The lowest BCUT2D eigenvalue weighted by Crippen LogP contribution is -2.57. The van der Waals surface area contributed by atoms with Crippen molar-refractivity contribution in [3.8, 4) is 0 Å². The summed E-state index contributed by atoms with van der Waals surface area (Å²) in [7, 11) is -3.85. The molecular formula is C17H23FN6O3S. The van der Waals surface area contributed by atoms with Crippen molar-refractivity contribution in [2.75, 3.05) is 26.2 Å². The maximum absolute atomic E-state index is 13.5. The second-order valence-electron chi connectivity index (χ2n) is 6.77. The lowest BCUT2D eigenvalue weighted by molar-refractivity contribution is -0.129. The zero-order valence-electron chi connectivity index (χ0n) is 15.2. The number of rotatable bonds is 7. The number of nitrogens with zero attached hydrogens (tertiary/aromatic N) is 3. The van der Waals surface area contributed by atoms with E-state index < -0.39 is 15.8 Å². The zero-order valence-corrected chi connectivity index (χ0v) is 16.0. The Morgan fingerprint density at radius 3 is 2.61 bits per heavy atom. The zero-order chi connectivity index (χ0) is 20.3. The van der Waals surface area contributed by atoms with Crippen LogP contribution in [-0.4, -0.2) is 61.8 Å². The van der Waals surface area contributed by atoms with Crippen LogP contribution in [0.3, 0.4) is 0 Å². The maximum Gasteiger partial charge on any atom is 0.271 e. The van der Waals surface area contributed by atoms with Crippen LogP contribution in [0.5, 0.6) is 0 Å². The quantitative estimate of drug-likeness (QED) is 0.448. The van der Waals surface area contributed by atoms with Crippen LogP contribution in [-0.2, 0) is 14.8 Å². The van der Waals surface area contributed by atoms with E-state index in [0.717, 1.165) is 12.3 Å². The van der Waals surface area contributed by atoms with Crippen LogP contribution >= 0.6 is 0 Å². The van der Waals surface area contributed by atoms with Gasteiger partial charge in [0.15, 0.2) is 0 Å². The van der Waals surface area contributed by atoms with Crippen molar-refractivity contribution in [1.29, 1.82) is 5.53 Å². The Balaban J connectivity index is 1.80. The Morgan fingerprint density at radius 1 is 1.36 bits per heavy atom. The highest BCUT2D eigenvalue weighted by atomic mass is 32.2. The molecule has 2 unspecified atom stereocenters. The summed E-state index contributed by atoms with van der Waals surface area (Å²) in [5, 5.41) is 6.00. The van der Waals surface area contributed by atoms with Crippen LogP contribution in [0.4, 0.5) is 4.39 Å². The van der Waals surface area contributed by atoms with Crippen molar-refractivity contribution < 1.29 is 17.6 Å². The summed E-state index contributed by atoms with van der Waals surface area (Å²) >= 11 is 0. The van der Waals surface area contributed by atoms with E-state index in [2.05, 4.69) is 10.4 Å². The molecule has 2 heterocycles. The van der Waals surface area contributed by atoms with Crippen LogP contribution in [0.25, 0.3) is 0 Å². The molecule has 0 saturated carbocycles. The number of halogens is 1. The van der Waals surface area contributed by atoms with Crippen LogP contribution < -0.4 is 11.1 Å². The number of carbonyl (C=O) groups excluding carboxylic acids is 1. The van der Waals surface area contributed by atoms with E-state index in [0.29, 0.717) is 25.9 Å². The molecule has 0 aliphatic carbocycles. The van der Waals surface area contributed by atoms with E-state index in [9.17, 15) is 17.6 Å². The summed E-state index contributed by atoms with van der Waals surface area (Å²) in [4.78, 5) is 14.3. The predicted molar refractivity (Wildman–Crippen MR) is 99.1 cm³/mol. The molecule has 2 aliphatic heterocycles. The molecule has 1 aromatic rings. The van der Waals surface area contributed by atoms with Crippen molar-refractivity contribution in [3.05, 3.63) is 42.0 Å². The Bertz CT molecular complexity index is 877. The van der Waals surface area contributed by atoms with Crippen molar-refractivity contribution in [1.82, 2.24) is 14.5 Å². The fourth-order valence-corrected chi connectivity index (χ4v) is 5.67. The minimum Gasteiger partial charge on any atom is -0.378 e. The van der Waals surface area contributed by atoms with Crippen molar-refractivity contribution >= 4 is 15.9 Å². The van der Waals surface area contributed by atoms with Gasteiger partial charge in [0.05, 0.1) is 11.1 Å². The molecule has 1 amide bonds. The Kier molecular flexibility index (Phi) is 6.06. The first-order valence-electron chi connectivity index (χ1n) is 8.97. The molecule has 2 saturated heterocycles. The number of carbonyl (C=O) groups is 1. The molecule has 3 rings (SSSR count). The first kappa shape index (κ1) is 20.4. The van der Waals surface area contributed by atoms with Gasteiger partial charge in [-0.1, -0.05) is 6.07 Å². The average molecular weight is 410 g/mol. The molecule has 2 aliphatic rings. The predicted octanol–water partition coefficient (Wildman–Crippen LogP) is 0.610. The highest BCUT2D eigenvalue weighted by molar-refractivity contribution is 7.89. The van der Waals surface area contributed by atoms with E-state index in [1.54, 1.807) is 4.90 Å². The first-order valence-corrected chi connectivity index (χ1v) is 10.4. The number of nitrogens with two attached hydrogens (primary N) is 1. The summed E-state index contributed by atoms with van der Waals surface area (Å²) in [5.74, 6) is -0.953. The molecule has 0 aromatic heterocycles. The fourth-order valence-electron chi connectivity index (χ4n) is 3.79. The Hall–Kier alpha value is -2.37. The molecule has 152 valence electrons. The fraction of sp³-hybridized carbons (Fsp3) is 0.471. The normalized spacial score (nSPS) is 22.9. The van der Waals surface area contributed by atoms with Gasteiger partial charge in [0.2, 0.25) is 10.0 Å². The number of benzene rings is 1. The highest BCUT2D eigenvalue weighted by Gasteiger charge is 2.48. The molecule has 2 fully saturated rings. The van der Waals surface area contributed by atoms with Crippen molar-refractivity contribution in [2.24, 2.45) is 10.8 Å². The molecule has 2 atom stereocenters. The summed E-state index contributed by atoms with van der Waals surface area (Å²) < 4.78 is 41.0. The number of nitrogens with one attached hydrogen (secondary N) is 2. The molecule has 11 heteroatoms. The van der Waals surface area contributed by atoms with Gasteiger partial charge in [0.1, 0.15) is 11.5 Å². The van der Waals surface area contributed by atoms with Gasteiger partial charge in [-0.2, -0.15) is 9.42 Å². The van der Waals surface area contributed by atoms with Crippen LogP contribution in [0.15, 0.2) is 46.2 Å². The standard InChI is InChI=1S/C17H23FN6O3S/c18-12-2-1-3-15(8-12)28(26,27)24-13-4-5-14(24)11-23(10-13)17(25)16(9-22-20)21-7-6-19/h1-3,8-9,13-14,20-21H,4-7,10-11,19H2/b16-9-,22-20?. The van der Waals surface area contributed by atoms with Crippen LogP contribution in [0.2, 0.25) is 0 Å². The number of hydrogen-bond donors (Lipinski definition) is 3. The molecule has 4 N–H and O–H groups in total. The third-order valence-electron chi connectivity index (χ3n) is 4.96. The van der Waals surface area contributed by atoms with Gasteiger partial charge >= 0.3 is 0 Å². The molecule has 1 aromatic carbocycles. The van der Waals surface area contributed by atoms with E-state index in [1.807, 2.05) is 0 Å². The number of amides is 1. The number of fused-ring (bicyclic) bond motifs is 2. The van der Waals surface area contributed by atoms with Gasteiger partial charge in [-0.25, -0.2) is 18.3 Å². The topological polar surface area (TPSA) is 132 Å². The Morgan fingerprint density at radius 2 is 2.04 bits per heavy atom. The SMILES string of the molecule is N=N/C=C(\NCCN)C(=O)N1CC2CCC(C1)N2S(=O)(=O)c1cccc(F)c1. The van der Waals surface area contributed by atoms with Gasteiger partial charge in [-0.3, -0.25) is 4.79 Å². The monoisotopic (exact) mass is 410 g/mol. The molecule has 9 nitrogen and oxygen atoms in total. The molecular weight excluding hydrogens is 387 g/mol. The van der Waals surface area contributed by atoms with E-state index in [-0.39, 0.29) is 41.7 Å². The summed E-state index contributed by atoms with van der Waals surface area (Å²) in [6.45, 7) is 1.12. The number of hydrogen-bond acceptors (Lipinski definition) is 7. The third-order valence-corrected chi connectivity index (χ3v) is 6.96. The Labute approximate surface area is 162 Å². The van der Waals surface area contributed by atoms with Gasteiger partial charge < -0.3 is 16.0 Å². The third kappa shape index (κ3) is 3.91. The lowest BCUT2D eigenvalue weighted by Gasteiger charge is -2.40. The lowest BCUT2D eigenvalue weighted by atomic mass is 10.2. The minimum absolute atomic E-state index is 0.0811.